The molecule has 86 valence electrons. The second-order valence-corrected chi connectivity index (χ2v) is 5.23. The zero-order valence-electron chi connectivity index (χ0n) is 10.00. The second kappa shape index (κ2) is 3.37. The Morgan fingerprint density at radius 2 is 1.56 bits per heavy atom. The minimum atomic E-state index is 0.842. The predicted octanol–water partition coefficient (Wildman–Crippen LogP) is 5.45. The monoisotopic (exact) mass is 250 g/mol. The maximum atomic E-state index is 6.38. The summed E-state index contributed by atoms with van der Waals surface area (Å²) in [5, 5.41) is 3.52. The number of benzene rings is 3. The van der Waals surface area contributed by atoms with Gasteiger partial charge in [-0.1, -0.05) is 54.1 Å². The van der Waals surface area contributed by atoms with Gasteiger partial charge in [-0.3, -0.25) is 0 Å². The fourth-order valence-electron chi connectivity index (χ4n) is 3.01. The molecule has 0 saturated heterocycles. The van der Waals surface area contributed by atoms with Gasteiger partial charge in [-0.05, 0) is 46.0 Å². The summed E-state index contributed by atoms with van der Waals surface area (Å²) in [6, 6.07) is 17.0. The van der Waals surface area contributed by atoms with Crippen LogP contribution in [0.5, 0.6) is 0 Å². The lowest BCUT2D eigenvalue weighted by atomic mass is 9.99. The zero-order valence-corrected chi connectivity index (χ0v) is 10.8. The van der Waals surface area contributed by atoms with Crippen LogP contribution in [0.25, 0.3) is 33.0 Å². The molecule has 1 aliphatic rings. The number of hydrogen-bond donors (Lipinski definition) is 0. The van der Waals surface area contributed by atoms with Gasteiger partial charge in [0.1, 0.15) is 0 Å². The van der Waals surface area contributed by atoms with E-state index >= 15 is 0 Å². The van der Waals surface area contributed by atoms with E-state index in [-0.39, 0.29) is 0 Å². The Morgan fingerprint density at radius 3 is 2.44 bits per heavy atom. The Kier molecular flexibility index (Phi) is 1.90. The number of hydrogen-bond acceptors (Lipinski definition) is 0. The SMILES string of the molecule is Cc1ccc2c3c(cccc13)-c1cccc(Cl)c1-2. The van der Waals surface area contributed by atoms with Crippen molar-refractivity contribution in [1.29, 1.82) is 0 Å². The molecule has 0 saturated carbocycles. The molecule has 1 heteroatoms. The van der Waals surface area contributed by atoms with Crippen LogP contribution in [0.1, 0.15) is 5.56 Å². The Labute approximate surface area is 111 Å². The molecule has 0 heterocycles. The van der Waals surface area contributed by atoms with Crippen molar-refractivity contribution in [3.05, 3.63) is 59.1 Å². The third-order valence-corrected chi connectivity index (χ3v) is 4.15. The summed E-state index contributed by atoms with van der Waals surface area (Å²) in [5.74, 6) is 0. The molecule has 3 aromatic carbocycles. The van der Waals surface area contributed by atoms with E-state index < -0.39 is 0 Å². The smallest absolute Gasteiger partial charge is 0.0490 e. The number of fused-ring (bicyclic) bond motifs is 3. The van der Waals surface area contributed by atoms with Crippen LogP contribution >= 0.6 is 11.6 Å². The lowest BCUT2D eigenvalue weighted by Gasteiger charge is -2.05. The topological polar surface area (TPSA) is 0 Å². The highest BCUT2D eigenvalue weighted by Gasteiger charge is 2.23. The molecule has 0 fully saturated rings. The molecule has 3 aromatic rings. The molecule has 0 aromatic heterocycles. The molecule has 0 amide bonds. The largest absolute Gasteiger partial charge is 0.0836 e. The van der Waals surface area contributed by atoms with E-state index in [1.165, 1.54) is 38.6 Å². The maximum absolute atomic E-state index is 6.38. The average molecular weight is 251 g/mol. The fourth-order valence-corrected chi connectivity index (χ4v) is 3.28. The third-order valence-electron chi connectivity index (χ3n) is 3.83. The van der Waals surface area contributed by atoms with Crippen LogP contribution in [0, 0.1) is 6.92 Å². The van der Waals surface area contributed by atoms with E-state index in [1.807, 2.05) is 12.1 Å². The molecular formula is C17H11Cl. The standard InChI is InChI=1S/C17H11Cl/c1-10-8-9-14-16-11(10)4-2-5-12(16)13-6-3-7-15(18)17(13)14/h2-9H,1H3. The first-order valence-electron chi connectivity index (χ1n) is 6.09. The zero-order chi connectivity index (χ0) is 12.3. The van der Waals surface area contributed by atoms with Gasteiger partial charge in [0.25, 0.3) is 0 Å². The van der Waals surface area contributed by atoms with Gasteiger partial charge in [0.05, 0.1) is 0 Å². The minimum absolute atomic E-state index is 0.842. The third kappa shape index (κ3) is 1.11. The molecule has 0 aliphatic heterocycles. The fraction of sp³-hybridized carbons (Fsp3) is 0.0588. The maximum Gasteiger partial charge on any atom is 0.0490 e. The van der Waals surface area contributed by atoms with Gasteiger partial charge in [0.2, 0.25) is 0 Å². The number of halogens is 1. The predicted molar refractivity (Wildman–Crippen MR) is 78.1 cm³/mol. The first-order chi connectivity index (χ1) is 8.77. The molecule has 18 heavy (non-hydrogen) atoms. The van der Waals surface area contributed by atoms with Crippen LogP contribution in [-0.4, -0.2) is 0 Å². The molecule has 0 spiro atoms. The Balaban J connectivity index is 2.30. The summed E-state index contributed by atoms with van der Waals surface area (Å²) >= 11 is 6.38. The van der Waals surface area contributed by atoms with Crippen molar-refractivity contribution in [3.63, 3.8) is 0 Å². The van der Waals surface area contributed by atoms with Crippen LogP contribution in [0.2, 0.25) is 5.02 Å². The molecular weight excluding hydrogens is 240 g/mol. The van der Waals surface area contributed by atoms with Crippen molar-refractivity contribution in [1.82, 2.24) is 0 Å². The van der Waals surface area contributed by atoms with Gasteiger partial charge >= 0.3 is 0 Å². The molecule has 0 bridgehead atoms. The molecule has 1 aliphatic carbocycles. The Hall–Kier alpha value is -1.79. The summed E-state index contributed by atoms with van der Waals surface area (Å²) in [4.78, 5) is 0. The highest BCUT2D eigenvalue weighted by molar-refractivity contribution is 6.36. The first kappa shape index (κ1) is 10.2. The van der Waals surface area contributed by atoms with Crippen LogP contribution in [0.3, 0.4) is 0 Å². The van der Waals surface area contributed by atoms with Crippen molar-refractivity contribution >= 4 is 22.4 Å². The van der Waals surface area contributed by atoms with E-state index in [1.54, 1.807) is 0 Å². The number of aryl methyl sites for hydroxylation is 1. The molecule has 0 N–H and O–H groups in total. The molecule has 4 rings (SSSR count). The van der Waals surface area contributed by atoms with Crippen molar-refractivity contribution < 1.29 is 0 Å². The van der Waals surface area contributed by atoms with Gasteiger partial charge in [0, 0.05) is 10.6 Å². The van der Waals surface area contributed by atoms with Crippen LogP contribution < -0.4 is 0 Å². The van der Waals surface area contributed by atoms with Crippen LogP contribution in [-0.2, 0) is 0 Å². The minimum Gasteiger partial charge on any atom is -0.0836 e. The summed E-state index contributed by atoms with van der Waals surface area (Å²) in [6.07, 6.45) is 0. The Bertz CT molecular complexity index is 800. The van der Waals surface area contributed by atoms with E-state index in [0.717, 1.165) is 5.02 Å². The molecule has 0 nitrogen and oxygen atoms in total. The van der Waals surface area contributed by atoms with Gasteiger partial charge in [-0.2, -0.15) is 0 Å². The lowest BCUT2D eigenvalue weighted by molar-refractivity contribution is 1.54. The van der Waals surface area contributed by atoms with Crippen molar-refractivity contribution in [2.45, 2.75) is 6.92 Å². The second-order valence-electron chi connectivity index (χ2n) is 4.82. The summed E-state index contributed by atoms with van der Waals surface area (Å²) in [6.45, 7) is 2.16. The van der Waals surface area contributed by atoms with Crippen LogP contribution in [0.4, 0.5) is 0 Å². The van der Waals surface area contributed by atoms with Gasteiger partial charge in [-0.15, -0.1) is 0 Å². The Morgan fingerprint density at radius 1 is 0.778 bits per heavy atom. The van der Waals surface area contributed by atoms with Gasteiger partial charge in [-0.25, -0.2) is 0 Å². The molecule has 0 radical (unpaired) electrons. The quantitative estimate of drug-likeness (QED) is 0.389. The van der Waals surface area contributed by atoms with Gasteiger partial charge < -0.3 is 0 Å². The normalized spacial score (nSPS) is 11.9. The van der Waals surface area contributed by atoms with E-state index in [4.69, 9.17) is 11.6 Å². The van der Waals surface area contributed by atoms with E-state index in [2.05, 4.69) is 43.3 Å². The van der Waals surface area contributed by atoms with Crippen molar-refractivity contribution in [2.24, 2.45) is 0 Å². The summed E-state index contributed by atoms with van der Waals surface area (Å²) in [5.41, 5.74) is 6.34. The van der Waals surface area contributed by atoms with E-state index in [0.29, 0.717) is 0 Å². The van der Waals surface area contributed by atoms with Crippen molar-refractivity contribution in [2.75, 3.05) is 0 Å². The first-order valence-corrected chi connectivity index (χ1v) is 6.47. The molecule has 0 unspecified atom stereocenters. The summed E-state index contributed by atoms with van der Waals surface area (Å²) < 4.78 is 0. The lowest BCUT2D eigenvalue weighted by Crippen LogP contribution is -1.80. The van der Waals surface area contributed by atoms with Crippen LogP contribution in [0.15, 0.2) is 48.5 Å². The highest BCUT2D eigenvalue weighted by Crippen LogP contribution is 2.50. The summed E-state index contributed by atoms with van der Waals surface area (Å²) in [7, 11) is 0. The average Bonchev–Trinajstić information content (AvgIpc) is 2.72. The highest BCUT2D eigenvalue weighted by atomic mass is 35.5. The van der Waals surface area contributed by atoms with E-state index in [9.17, 15) is 0 Å². The molecule has 0 atom stereocenters. The van der Waals surface area contributed by atoms with Gasteiger partial charge in [0.15, 0.2) is 0 Å². The van der Waals surface area contributed by atoms with Crippen molar-refractivity contribution in [3.8, 4) is 22.3 Å². The number of rotatable bonds is 0.